The summed E-state index contributed by atoms with van der Waals surface area (Å²) in [6, 6.07) is 6.34. The minimum atomic E-state index is -0.937. The molecule has 72 valence electrons. The number of phenolic OH excluding ortho intramolecular Hbond substituents is 1. The van der Waals surface area contributed by atoms with E-state index in [0.717, 1.165) is 5.56 Å². The molecular weight excluding hydrogens is 305 g/mol. The van der Waals surface area contributed by atoms with Crippen LogP contribution in [0.5, 0.6) is 5.75 Å². The second-order valence-electron chi connectivity index (χ2n) is 2.72. The Kier molecular flexibility index (Phi) is 6.23. The van der Waals surface area contributed by atoms with Gasteiger partial charge in [-0.25, -0.2) is 4.79 Å². The van der Waals surface area contributed by atoms with Gasteiger partial charge in [-0.05, 0) is 30.7 Å². The zero-order valence-electron chi connectivity index (χ0n) is 9.90. The summed E-state index contributed by atoms with van der Waals surface area (Å²) in [6.45, 7) is 1.52. The molecule has 0 radical (unpaired) electrons. The summed E-state index contributed by atoms with van der Waals surface area (Å²) in [5.41, 5.74) is 1.03. The minimum absolute atomic E-state index is 0. The SMILES string of the molecule is CC(=Cc1ccc(O)cc1)C(=O)O.[Ba+2].[H-].[H-]. The Morgan fingerprint density at radius 1 is 1.36 bits per heavy atom. The van der Waals surface area contributed by atoms with E-state index in [1.165, 1.54) is 19.1 Å². The Balaban J connectivity index is -0.000000563. The Morgan fingerprint density at radius 3 is 2.29 bits per heavy atom. The van der Waals surface area contributed by atoms with E-state index >= 15 is 0 Å². The number of hydrogen-bond acceptors (Lipinski definition) is 2. The van der Waals surface area contributed by atoms with Crippen LogP contribution in [0.2, 0.25) is 0 Å². The molecule has 0 atom stereocenters. The zero-order chi connectivity index (χ0) is 9.84. The quantitative estimate of drug-likeness (QED) is 0.645. The molecule has 0 saturated heterocycles. The topological polar surface area (TPSA) is 57.5 Å². The van der Waals surface area contributed by atoms with Crippen LogP contribution in [0.1, 0.15) is 15.3 Å². The summed E-state index contributed by atoms with van der Waals surface area (Å²) >= 11 is 0. The van der Waals surface area contributed by atoms with Gasteiger partial charge in [0.2, 0.25) is 0 Å². The number of carboxylic acid groups (broad SMARTS) is 1. The molecule has 0 aliphatic carbocycles. The van der Waals surface area contributed by atoms with Gasteiger partial charge in [0.05, 0.1) is 0 Å². The molecule has 0 aromatic heterocycles. The van der Waals surface area contributed by atoms with Gasteiger partial charge in [-0.3, -0.25) is 0 Å². The summed E-state index contributed by atoms with van der Waals surface area (Å²) < 4.78 is 0. The summed E-state index contributed by atoms with van der Waals surface area (Å²) in [4.78, 5) is 10.5. The number of aromatic hydroxyl groups is 1. The predicted octanol–water partition coefficient (Wildman–Crippen LogP) is 1.72. The number of benzene rings is 1. The van der Waals surface area contributed by atoms with Gasteiger partial charge in [-0.2, -0.15) is 0 Å². The Labute approximate surface area is 125 Å². The molecule has 4 heteroatoms. The van der Waals surface area contributed by atoms with E-state index in [1.54, 1.807) is 18.2 Å². The van der Waals surface area contributed by atoms with Crippen molar-refractivity contribution in [1.82, 2.24) is 0 Å². The average Bonchev–Trinajstić information content (AvgIpc) is 2.08. The fourth-order valence-electron chi connectivity index (χ4n) is 0.882. The van der Waals surface area contributed by atoms with E-state index in [-0.39, 0.29) is 63.1 Å². The first-order valence-corrected chi connectivity index (χ1v) is 3.80. The van der Waals surface area contributed by atoms with Gasteiger partial charge in [-0.1, -0.05) is 12.1 Å². The van der Waals surface area contributed by atoms with Gasteiger partial charge in [-0.15, -0.1) is 0 Å². The molecule has 14 heavy (non-hydrogen) atoms. The molecule has 0 bridgehead atoms. The molecule has 1 aromatic rings. The molecule has 1 aromatic carbocycles. The molecule has 0 saturated carbocycles. The maximum atomic E-state index is 10.5. The largest absolute Gasteiger partial charge is 2.00 e. The Bertz CT molecular complexity index is 350. The summed E-state index contributed by atoms with van der Waals surface area (Å²) in [5.74, 6) is -0.766. The fourth-order valence-corrected chi connectivity index (χ4v) is 0.882. The van der Waals surface area contributed by atoms with Crippen LogP contribution in [0.25, 0.3) is 6.08 Å². The van der Waals surface area contributed by atoms with Crippen molar-refractivity contribution in [3.8, 4) is 5.75 Å². The van der Waals surface area contributed by atoms with E-state index in [4.69, 9.17) is 10.2 Å². The van der Waals surface area contributed by atoms with Crippen LogP contribution in [0.15, 0.2) is 29.8 Å². The second kappa shape index (κ2) is 6.32. The van der Waals surface area contributed by atoms with Crippen LogP contribution in [-0.4, -0.2) is 65.1 Å². The third kappa shape index (κ3) is 4.34. The van der Waals surface area contributed by atoms with Gasteiger partial charge < -0.3 is 13.1 Å². The number of phenols is 1. The standard InChI is InChI=1S/C10H10O3.Ba.2H/c1-7(10(12)13)6-8-2-4-9(11)5-3-8;;;/h2-6,11H,1H3,(H,12,13);;;/q;+2;2*-1. The van der Waals surface area contributed by atoms with Gasteiger partial charge in [0.15, 0.2) is 0 Å². The van der Waals surface area contributed by atoms with E-state index in [0.29, 0.717) is 0 Å². The fraction of sp³-hybridized carbons (Fsp3) is 0.100. The van der Waals surface area contributed by atoms with E-state index in [9.17, 15) is 4.79 Å². The average molecular weight is 318 g/mol. The normalized spacial score (nSPS) is 10.5. The van der Waals surface area contributed by atoms with Crippen molar-refractivity contribution in [3.63, 3.8) is 0 Å². The Morgan fingerprint density at radius 2 is 1.86 bits per heavy atom. The number of carboxylic acids is 1. The molecule has 0 fully saturated rings. The smallest absolute Gasteiger partial charge is 1.00 e. The molecule has 0 spiro atoms. The zero-order valence-corrected chi connectivity index (χ0v) is 12.3. The summed E-state index contributed by atoms with van der Waals surface area (Å²) in [6.07, 6.45) is 1.54. The molecule has 0 aliphatic rings. The van der Waals surface area contributed by atoms with Crippen molar-refractivity contribution < 1.29 is 17.9 Å². The first kappa shape index (κ1) is 13.8. The monoisotopic (exact) mass is 318 g/mol. The second-order valence-corrected chi connectivity index (χ2v) is 2.72. The molecule has 0 amide bonds. The van der Waals surface area contributed by atoms with Crippen LogP contribution in [0.3, 0.4) is 0 Å². The number of rotatable bonds is 2. The maximum Gasteiger partial charge on any atom is 2.00 e. The van der Waals surface area contributed by atoms with E-state index in [1.807, 2.05) is 0 Å². The summed E-state index contributed by atoms with van der Waals surface area (Å²) in [7, 11) is 0. The summed E-state index contributed by atoms with van der Waals surface area (Å²) in [5, 5.41) is 17.5. The van der Waals surface area contributed by atoms with Crippen LogP contribution in [0, 0.1) is 0 Å². The number of carbonyl (C=O) groups is 1. The van der Waals surface area contributed by atoms with Crippen molar-refractivity contribution in [2.24, 2.45) is 0 Å². The number of hydrogen-bond donors (Lipinski definition) is 2. The van der Waals surface area contributed by atoms with Gasteiger partial charge in [0.1, 0.15) is 5.75 Å². The van der Waals surface area contributed by atoms with Crippen LogP contribution in [-0.2, 0) is 4.79 Å². The van der Waals surface area contributed by atoms with Crippen molar-refractivity contribution in [2.45, 2.75) is 6.92 Å². The van der Waals surface area contributed by atoms with E-state index < -0.39 is 5.97 Å². The third-order valence-corrected chi connectivity index (χ3v) is 1.61. The molecule has 0 heterocycles. The molecule has 1 rings (SSSR count). The Hall–Kier alpha value is -0.199. The van der Waals surface area contributed by atoms with Crippen LogP contribution in [0.4, 0.5) is 0 Å². The maximum absolute atomic E-state index is 10.5. The molecular formula is C10H12BaO3. The first-order chi connectivity index (χ1) is 6.09. The molecule has 2 N–H and O–H groups in total. The van der Waals surface area contributed by atoms with Crippen molar-refractivity contribution in [3.05, 3.63) is 35.4 Å². The molecule has 3 nitrogen and oxygen atoms in total. The number of aliphatic carboxylic acids is 1. The molecule has 0 aliphatic heterocycles. The van der Waals surface area contributed by atoms with Gasteiger partial charge in [0, 0.05) is 5.57 Å². The van der Waals surface area contributed by atoms with Crippen LogP contribution >= 0.6 is 0 Å². The minimum Gasteiger partial charge on any atom is -1.00 e. The predicted molar refractivity (Wildman–Crippen MR) is 57.4 cm³/mol. The third-order valence-electron chi connectivity index (χ3n) is 1.61. The van der Waals surface area contributed by atoms with Crippen molar-refractivity contribution in [1.29, 1.82) is 0 Å². The molecule has 0 unspecified atom stereocenters. The van der Waals surface area contributed by atoms with Gasteiger partial charge >= 0.3 is 54.9 Å². The van der Waals surface area contributed by atoms with Crippen molar-refractivity contribution >= 4 is 60.9 Å². The van der Waals surface area contributed by atoms with E-state index in [2.05, 4.69) is 0 Å². The van der Waals surface area contributed by atoms with Crippen LogP contribution < -0.4 is 0 Å². The first-order valence-electron chi connectivity index (χ1n) is 3.80. The van der Waals surface area contributed by atoms with Crippen molar-refractivity contribution in [2.75, 3.05) is 0 Å². The van der Waals surface area contributed by atoms with Gasteiger partial charge in [0.25, 0.3) is 0 Å².